The van der Waals surface area contributed by atoms with Crippen LogP contribution in [0.2, 0.25) is 0 Å². The predicted molar refractivity (Wildman–Crippen MR) is 136 cm³/mol. The Morgan fingerprint density at radius 3 is 2.62 bits per heavy atom. The summed E-state index contributed by atoms with van der Waals surface area (Å²) in [5.41, 5.74) is 4.02. The number of fused-ring (bicyclic) bond motifs is 1. The van der Waals surface area contributed by atoms with Gasteiger partial charge in [-0.05, 0) is 44.2 Å². The van der Waals surface area contributed by atoms with Crippen LogP contribution >= 0.6 is 11.3 Å². The lowest BCUT2D eigenvalue weighted by molar-refractivity contribution is -0.116. The zero-order chi connectivity index (χ0) is 24.5. The first kappa shape index (κ1) is 24.1. The molecule has 4 rings (SSSR count). The van der Waals surface area contributed by atoms with Crippen LogP contribution in [-0.4, -0.2) is 47.3 Å². The van der Waals surface area contributed by atoms with E-state index in [1.807, 2.05) is 48.1 Å². The second kappa shape index (κ2) is 9.65. The molecule has 0 bridgehead atoms. The molecule has 34 heavy (non-hydrogen) atoms. The summed E-state index contributed by atoms with van der Waals surface area (Å²) in [6, 6.07) is 12.6. The number of sulfonamides is 1. The van der Waals surface area contributed by atoms with Crippen molar-refractivity contribution in [1.82, 2.24) is 18.8 Å². The number of hydrogen-bond acceptors (Lipinski definition) is 6. The Morgan fingerprint density at radius 2 is 1.94 bits per heavy atom. The van der Waals surface area contributed by atoms with Crippen molar-refractivity contribution in [2.45, 2.75) is 38.1 Å². The lowest BCUT2D eigenvalue weighted by atomic mass is 10.1. The Morgan fingerprint density at radius 1 is 1.15 bits per heavy atom. The maximum atomic E-state index is 12.7. The topological polar surface area (TPSA) is 97.2 Å². The van der Waals surface area contributed by atoms with Crippen LogP contribution in [0.1, 0.15) is 24.2 Å². The van der Waals surface area contributed by atoms with Gasteiger partial charge in [-0.3, -0.25) is 4.79 Å². The molecule has 1 amide bonds. The van der Waals surface area contributed by atoms with Gasteiger partial charge in [0.1, 0.15) is 5.82 Å². The molecule has 10 heteroatoms. The lowest BCUT2D eigenvalue weighted by Gasteiger charge is -2.11. The van der Waals surface area contributed by atoms with Crippen molar-refractivity contribution in [3.8, 4) is 11.3 Å². The summed E-state index contributed by atoms with van der Waals surface area (Å²) >= 11 is 1.59. The summed E-state index contributed by atoms with van der Waals surface area (Å²) in [5, 5.41) is 5.95. The molecular weight excluding hydrogens is 470 g/mol. The van der Waals surface area contributed by atoms with Crippen molar-refractivity contribution in [1.29, 1.82) is 0 Å². The molecule has 0 saturated heterocycles. The first-order valence-electron chi connectivity index (χ1n) is 10.9. The number of thiazole rings is 1. The number of hydrogen-bond donors (Lipinski definition) is 1. The number of rotatable bonds is 8. The van der Waals surface area contributed by atoms with E-state index < -0.39 is 10.0 Å². The van der Waals surface area contributed by atoms with Crippen LogP contribution in [0.5, 0.6) is 0 Å². The Kier molecular flexibility index (Phi) is 6.83. The highest BCUT2D eigenvalue weighted by molar-refractivity contribution is 7.89. The molecule has 2 aromatic carbocycles. The first-order valence-corrected chi connectivity index (χ1v) is 13.2. The quantitative estimate of drug-likeness (QED) is 0.391. The Bertz CT molecular complexity index is 1450. The molecule has 0 radical (unpaired) electrons. The van der Waals surface area contributed by atoms with Gasteiger partial charge in [-0.2, -0.15) is 0 Å². The number of anilines is 1. The van der Waals surface area contributed by atoms with Gasteiger partial charge in [0.2, 0.25) is 15.9 Å². The summed E-state index contributed by atoms with van der Waals surface area (Å²) in [6.07, 6.45) is 0.696. The third kappa shape index (κ3) is 4.89. The van der Waals surface area contributed by atoms with E-state index in [2.05, 4.69) is 15.3 Å². The molecule has 2 aromatic heterocycles. The maximum absolute atomic E-state index is 12.7. The smallest absolute Gasteiger partial charge is 0.242 e. The Balaban J connectivity index is 1.49. The normalized spacial score (nSPS) is 11.9. The number of carbonyl (C=O) groups excluding carboxylic acids is 1. The van der Waals surface area contributed by atoms with Crippen LogP contribution in [0, 0.1) is 6.92 Å². The highest BCUT2D eigenvalue weighted by Crippen LogP contribution is 2.25. The van der Waals surface area contributed by atoms with Gasteiger partial charge in [0.05, 0.1) is 26.6 Å². The lowest BCUT2D eigenvalue weighted by Crippen LogP contribution is -2.22. The number of nitrogens with zero attached hydrogens (tertiary/aromatic N) is 4. The van der Waals surface area contributed by atoms with Gasteiger partial charge >= 0.3 is 0 Å². The van der Waals surface area contributed by atoms with Crippen molar-refractivity contribution in [3.05, 3.63) is 58.7 Å². The molecule has 0 atom stereocenters. The van der Waals surface area contributed by atoms with Crippen molar-refractivity contribution < 1.29 is 13.2 Å². The number of imidazole rings is 1. The molecule has 2 heterocycles. The van der Waals surface area contributed by atoms with E-state index in [0.717, 1.165) is 33.3 Å². The summed E-state index contributed by atoms with van der Waals surface area (Å²) in [6.45, 7) is 4.63. The van der Waals surface area contributed by atoms with Crippen molar-refractivity contribution >= 4 is 44.0 Å². The van der Waals surface area contributed by atoms with E-state index in [-0.39, 0.29) is 17.2 Å². The van der Waals surface area contributed by atoms with Crippen molar-refractivity contribution in [2.75, 3.05) is 19.4 Å². The molecule has 0 saturated carbocycles. The standard InChI is InChI=1S/C24H27N5O3S2/c1-5-29-22-10-9-19(34(31,32)28(3)4)14-20(22)27-23(29)11-12-24(30)26-18-8-6-7-17(13-18)21-15-33-16(2)25-21/h6-10,13-15H,5,11-12H2,1-4H3,(H,26,30). The zero-order valence-corrected chi connectivity index (χ0v) is 21.2. The minimum atomic E-state index is -3.55. The fraction of sp³-hybridized carbons (Fsp3) is 0.292. The molecule has 4 aromatic rings. The summed E-state index contributed by atoms with van der Waals surface area (Å²) < 4.78 is 28.1. The molecule has 8 nitrogen and oxygen atoms in total. The monoisotopic (exact) mass is 497 g/mol. The van der Waals surface area contributed by atoms with Gasteiger partial charge < -0.3 is 9.88 Å². The van der Waals surface area contributed by atoms with E-state index >= 15 is 0 Å². The maximum Gasteiger partial charge on any atom is 0.242 e. The van der Waals surface area contributed by atoms with Gasteiger partial charge in [-0.1, -0.05) is 12.1 Å². The number of nitrogens with one attached hydrogen (secondary N) is 1. The van der Waals surface area contributed by atoms with Crippen LogP contribution in [0.4, 0.5) is 5.69 Å². The van der Waals surface area contributed by atoms with E-state index in [1.54, 1.807) is 29.5 Å². The van der Waals surface area contributed by atoms with Crippen LogP contribution in [0.15, 0.2) is 52.7 Å². The SMILES string of the molecule is CCn1c(CCC(=O)Nc2cccc(-c3csc(C)n3)c2)nc2cc(S(=O)(=O)N(C)C)ccc21. The van der Waals surface area contributed by atoms with E-state index in [1.165, 1.54) is 18.4 Å². The van der Waals surface area contributed by atoms with Crippen LogP contribution in [-0.2, 0) is 27.8 Å². The van der Waals surface area contributed by atoms with Gasteiger partial charge in [0.15, 0.2) is 0 Å². The third-order valence-electron chi connectivity index (χ3n) is 5.53. The van der Waals surface area contributed by atoms with Crippen molar-refractivity contribution in [2.24, 2.45) is 0 Å². The van der Waals surface area contributed by atoms with E-state index in [0.29, 0.717) is 18.5 Å². The van der Waals surface area contributed by atoms with E-state index in [9.17, 15) is 13.2 Å². The predicted octanol–water partition coefficient (Wildman–Crippen LogP) is 4.31. The molecule has 178 valence electrons. The van der Waals surface area contributed by atoms with Gasteiger partial charge in [-0.15, -0.1) is 11.3 Å². The largest absolute Gasteiger partial charge is 0.328 e. The highest BCUT2D eigenvalue weighted by Gasteiger charge is 2.20. The zero-order valence-electron chi connectivity index (χ0n) is 19.6. The molecule has 0 aliphatic heterocycles. The minimum absolute atomic E-state index is 0.114. The average molecular weight is 498 g/mol. The summed E-state index contributed by atoms with van der Waals surface area (Å²) in [4.78, 5) is 22.0. The number of aryl methyl sites for hydroxylation is 3. The first-order chi connectivity index (χ1) is 16.2. The molecule has 0 fully saturated rings. The molecule has 0 spiro atoms. The Hall–Kier alpha value is -3.08. The number of amides is 1. The van der Waals surface area contributed by atoms with Gasteiger partial charge in [-0.25, -0.2) is 22.7 Å². The average Bonchev–Trinajstić information content (AvgIpc) is 3.40. The minimum Gasteiger partial charge on any atom is -0.328 e. The van der Waals surface area contributed by atoms with Crippen LogP contribution in [0.25, 0.3) is 22.3 Å². The highest BCUT2D eigenvalue weighted by atomic mass is 32.2. The van der Waals surface area contributed by atoms with Gasteiger partial charge in [0, 0.05) is 50.1 Å². The summed E-state index contributed by atoms with van der Waals surface area (Å²) in [7, 11) is -0.542. The van der Waals surface area contributed by atoms with Crippen LogP contribution < -0.4 is 5.32 Å². The van der Waals surface area contributed by atoms with Crippen molar-refractivity contribution in [3.63, 3.8) is 0 Å². The fourth-order valence-corrected chi connectivity index (χ4v) is 5.32. The molecule has 0 aliphatic rings. The molecule has 0 aliphatic carbocycles. The van der Waals surface area contributed by atoms with E-state index in [4.69, 9.17) is 0 Å². The summed E-state index contributed by atoms with van der Waals surface area (Å²) in [5.74, 6) is 0.635. The van der Waals surface area contributed by atoms with Gasteiger partial charge in [0.25, 0.3) is 0 Å². The number of benzene rings is 2. The number of carbonyl (C=O) groups is 1. The second-order valence-electron chi connectivity index (χ2n) is 8.09. The molecule has 0 unspecified atom stereocenters. The fourth-order valence-electron chi connectivity index (χ4n) is 3.78. The second-order valence-corrected chi connectivity index (χ2v) is 11.3. The molecular formula is C24H27N5O3S2. The molecule has 1 N–H and O–H groups in total. The third-order valence-corrected chi connectivity index (χ3v) is 8.11. The van der Waals surface area contributed by atoms with Crippen LogP contribution in [0.3, 0.4) is 0 Å². The number of aromatic nitrogens is 3. The Labute approximate surface area is 203 Å².